The molecule has 0 bridgehead atoms. The van der Waals surface area contributed by atoms with E-state index in [2.05, 4.69) is 19.2 Å². The number of aliphatic hydroxyl groups is 2. The van der Waals surface area contributed by atoms with Gasteiger partial charge in [0.05, 0.1) is 25.4 Å². The largest absolute Gasteiger partial charge is 0.466 e. The minimum Gasteiger partial charge on any atom is -0.466 e. The Labute approximate surface area is 394 Å². The first-order chi connectivity index (χ1) is 31.0. The quantitative estimate of drug-likeness (QED) is 0.0418. The van der Waals surface area contributed by atoms with E-state index in [0.29, 0.717) is 25.9 Å². The van der Waals surface area contributed by atoms with Gasteiger partial charge in [0.25, 0.3) is 0 Å². The molecule has 0 aromatic heterocycles. The van der Waals surface area contributed by atoms with E-state index in [4.69, 9.17) is 4.74 Å². The highest BCUT2D eigenvalue weighted by Crippen LogP contribution is 2.18. The summed E-state index contributed by atoms with van der Waals surface area (Å²) in [6, 6.07) is -0.550. The van der Waals surface area contributed by atoms with Crippen LogP contribution in [0.4, 0.5) is 0 Å². The average Bonchev–Trinajstić information content (AvgIpc) is 3.28. The zero-order chi connectivity index (χ0) is 45.8. The lowest BCUT2D eigenvalue weighted by Gasteiger charge is -2.22. The Morgan fingerprint density at radius 2 is 0.651 bits per heavy atom. The van der Waals surface area contributed by atoms with Gasteiger partial charge >= 0.3 is 5.97 Å². The molecule has 0 aliphatic heterocycles. The summed E-state index contributed by atoms with van der Waals surface area (Å²) in [6.45, 7) is 4.95. The van der Waals surface area contributed by atoms with Gasteiger partial charge in [-0.05, 0) is 25.7 Å². The summed E-state index contributed by atoms with van der Waals surface area (Å²) in [5.74, 6) is -0.0470. The third-order valence-corrected chi connectivity index (χ3v) is 13.7. The van der Waals surface area contributed by atoms with E-state index in [9.17, 15) is 19.8 Å². The number of hydrogen-bond acceptors (Lipinski definition) is 5. The van der Waals surface area contributed by atoms with Crippen LogP contribution in [0.5, 0.6) is 0 Å². The molecule has 0 saturated heterocycles. The van der Waals surface area contributed by atoms with Crippen LogP contribution in [0.25, 0.3) is 0 Å². The minimum atomic E-state index is -0.672. The predicted octanol–water partition coefficient (Wildman–Crippen LogP) is 17.5. The fraction of sp³-hybridized carbons (Fsp3) is 0.965. The van der Waals surface area contributed by atoms with Crippen molar-refractivity contribution in [2.24, 2.45) is 0 Å². The van der Waals surface area contributed by atoms with Crippen LogP contribution >= 0.6 is 0 Å². The number of amides is 1. The Morgan fingerprint density at radius 3 is 0.968 bits per heavy atom. The number of carbonyl (C=O) groups excluding carboxylic acids is 2. The molecule has 2 atom stereocenters. The smallest absolute Gasteiger partial charge is 0.305 e. The molecule has 0 radical (unpaired) electrons. The molecule has 3 N–H and O–H groups in total. The van der Waals surface area contributed by atoms with Gasteiger partial charge in [-0.1, -0.05) is 290 Å². The van der Waals surface area contributed by atoms with Crippen molar-refractivity contribution >= 4 is 11.9 Å². The minimum absolute atomic E-state index is 0.00346. The Morgan fingerprint density at radius 1 is 0.381 bits per heavy atom. The zero-order valence-electron chi connectivity index (χ0n) is 42.8. The summed E-state index contributed by atoms with van der Waals surface area (Å²) in [6.07, 6.45) is 60.9. The van der Waals surface area contributed by atoms with Crippen LogP contribution in [0.1, 0.15) is 328 Å². The van der Waals surface area contributed by atoms with Crippen LogP contribution in [0.15, 0.2) is 0 Å². The first kappa shape index (κ1) is 61.9. The summed E-state index contributed by atoms with van der Waals surface area (Å²) in [4.78, 5) is 24.5. The normalized spacial score (nSPS) is 12.5. The maximum atomic E-state index is 12.5. The maximum absolute atomic E-state index is 12.5. The van der Waals surface area contributed by atoms with Gasteiger partial charge in [0, 0.05) is 12.8 Å². The van der Waals surface area contributed by atoms with Crippen molar-refractivity contribution in [1.82, 2.24) is 5.32 Å². The first-order valence-corrected chi connectivity index (χ1v) is 28.8. The van der Waals surface area contributed by atoms with Crippen molar-refractivity contribution in [2.75, 3.05) is 13.2 Å². The van der Waals surface area contributed by atoms with Crippen molar-refractivity contribution in [2.45, 2.75) is 341 Å². The summed E-state index contributed by atoms with van der Waals surface area (Å²) >= 11 is 0. The Hall–Kier alpha value is -1.14. The number of unbranched alkanes of at least 4 members (excludes halogenated alkanes) is 43. The molecule has 0 saturated carbocycles. The lowest BCUT2D eigenvalue weighted by Crippen LogP contribution is -2.45. The summed E-state index contributed by atoms with van der Waals surface area (Å²) in [5, 5.41) is 23.3. The number of esters is 1. The topological polar surface area (TPSA) is 95.9 Å². The van der Waals surface area contributed by atoms with Gasteiger partial charge < -0.3 is 20.3 Å². The van der Waals surface area contributed by atoms with Crippen LogP contribution in [0.2, 0.25) is 0 Å². The van der Waals surface area contributed by atoms with E-state index in [1.54, 1.807) is 0 Å². The molecule has 376 valence electrons. The average molecular weight is 893 g/mol. The second-order valence-electron chi connectivity index (χ2n) is 20.0. The molecule has 0 aliphatic carbocycles. The SMILES string of the molecule is CCCCCCCCCCCCCCCCCCCCCCCC(O)C(CO)NC(=O)CCCCCCCCCCCCCCCOC(=O)CCCCCCCCCCCCCC. The molecule has 0 aromatic carbocycles. The third-order valence-electron chi connectivity index (χ3n) is 13.7. The highest BCUT2D eigenvalue weighted by molar-refractivity contribution is 5.76. The van der Waals surface area contributed by atoms with Gasteiger partial charge in [-0.3, -0.25) is 9.59 Å². The van der Waals surface area contributed by atoms with Crippen LogP contribution in [-0.4, -0.2) is 47.4 Å². The van der Waals surface area contributed by atoms with Crippen molar-refractivity contribution < 1.29 is 24.5 Å². The fourth-order valence-electron chi connectivity index (χ4n) is 9.23. The van der Waals surface area contributed by atoms with Crippen LogP contribution < -0.4 is 5.32 Å². The van der Waals surface area contributed by atoms with E-state index in [1.165, 1.54) is 244 Å². The predicted molar refractivity (Wildman–Crippen MR) is 274 cm³/mol. The molecule has 6 nitrogen and oxygen atoms in total. The summed E-state index contributed by atoms with van der Waals surface area (Å²) in [5.41, 5.74) is 0. The van der Waals surface area contributed by atoms with Crippen molar-refractivity contribution in [1.29, 1.82) is 0 Å². The monoisotopic (exact) mass is 892 g/mol. The van der Waals surface area contributed by atoms with Gasteiger partial charge in [0.1, 0.15) is 0 Å². The number of rotatable bonds is 54. The number of hydrogen-bond donors (Lipinski definition) is 3. The van der Waals surface area contributed by atoms with Gasteiger partial charge in [-0.15, -0.1) is 0 Å². The molecule has 0 fully saturated rings. The molecule has 0 heterocycles. The highest BCUT2D eigenvalue weighted by atomic mass is 16.5. The number of ether oxygens (including phenoxy) is 1. The van der Waals surface area contributed by atoms with E-state index < -0.39 is 12.1 Å². The van der Waals surface area contributed by atoms with Crippen molar-refractivity contribution in [3.63, 3.8) is 0 Å². The van der Waals surface area contributed by atoms with Crippen molar-refractivity contribution in [3.8, 4) is 0 Å². The Balaban J connectivity index is 3.44. The lowest BCUT2D eigenvalue weighted by molar-refractivity contribution is -0.143. The molecule has 0 aliphatic rings. The molecular weight excluding hydrogens is 779 g/mol. The fourth-order valence-corrected chi connectivity index (χ4v) is 9.23. The zero-order valence-corrected chi connectivity index (χ0v) is 42.8. The summed E-state index contributed by atoms with van der Waals surface area (Å²) in [7, 11) is 0. The van der Waals surface area contributed by atoms with E-state index in [1.807, 2.05) is 0 Å². The van der Waals surface area contributed by atoms with Gasteiger partial charge in [-0.25, -0.2) is 0 Å². The van der Waals surface area contributed by atoms with Crippen molar-refractivity contribution in [3.05, 3.63) is 0 Å². The van der Waals surface area contributed by atoms with E-state index >= 15 is 0 Å². The van der Waals surface area contributed by atoms with Crippen LogP contribution in [0.3, 0.4) is 0 Å². The van der Waals surface area contributed by atoms with Gasteiger partial charge in [0.2, 0.25) is 5.91 Å². The number of carbonyl (C=O) groups is 2. The number of aliphatic hydroxyl groups excluding tert-OH is 2. The van der Waals surface area contributed by atoms with E-state index in [-0.39, 0.29) is 18.5 Å². The molecule has 6 heteroatoms. The van der Waals surface area contributed by atoms with Crippen LogP contribution in [-0.2, 0) is 14.3 Å². The maximum Gasteiger partial charge on any atom is 0.305 e. The van der Waals surface area contributed by atoms with Gasteiger partial charge in [-0.2, -0.15) is 0 Å². The highest BCUT2D eigenvalue weighted by Gasteiger charge is 2.20. The Bertz CT molecular complexity index is 898. The van der Waals surface area contributed by atoms with Crippen LogP contribution in [0, 0.1) is 0 Å². The molecule has 2 unspecified atom stereocenters. The molecule has 0 spiro atoms. The van der Waals surface area contributed by atoms with E-state index in [0.717, 1.165) is 51.4 Å². The molecule has 1 amide bonds. The first-order valence-electron chi connectivity index (χ1n) is 28.8. The Kier molecular flexibility index (Phi) is 52.5. The molecule has 0 rings (SSSR count). The second kappa shape index (κ2) is 53.5. The standard InChI is InChI=1S/C57H113NO5/c1-3-5-7-9-11-13-15-17-18-19-20-21-22-23-24-26-29-33-37-41-45-49-55(60)54(53-59)58-56(61)50-46-42-38-34-30-27-25-28-32-36-40-44-48-52-63-57(62)51-47-43-39-35-31-16-14-12-10-8-6-4-2/h54-55,59-60H,3-53H2,1-2H3,(H,58,61). The molecule has 0 aromatic rings. The van der Waals surface area contributed by atoms with Gasteiger partial charge in [0.15, 0.2) is 0 Å². The number of nitrogens with one attached hydrogen (secondary N) is 1. The summed E-state index contributed by atoms with van der Waals surface area (Å²) < 4.78 is 5.46. The third kappa shape index (κ3) is 50.1. The second-order valence-corrected chi connectivity index (χ2v) is 20.0. The molecular formula is C57H113NO5. The molecule has 63 heavy (non-hydrogen) atoms. The lowest BCUT2D eigenvalue weighted by atomic mass is 10.0.